The molecular weight excluding hydrogens is 388 g/mol. The number of piperazine rings is 1. The first-order chi connectivity index (χ1) is 12.8. The molecule has 1 aliphatic rings. The third-order valence-electron chi connectivity index (χ3n) is 4.43. The molecule has 8 nitrogen and oxygen atoms in total. The van der Waals surface area contributed by atoms with Gasteiger partial charge in [-0.25, -0.2) is 13.4 Å². The Bertz CT molecular complexity index is 882. The minimum atomic E-state index is -2.96. The van der Waals surface area contributed by atoms with E-state index in [2.05, 4.69) is 9.88 Å². The molecule has 2 aromatic rings. The van der Waals surface area contributed by atoms with Crippen molar-refractivity contribution in [2.75, 3.05) is 44.7 Å². The lowest BCUT2D eigenvalue weighted by atomic mass is 10.3. The number of carbonyl (C=O) groups is 1. The minimum Gasteiger partial charge on any atom is -0.455 e. The van der Waals surface area contributed by atoms with Crippen LogP contribution in [0, 0.1) is 0 Å². The zero-order valence-corrected chi connectivity index (χ0v) is 17.1. The van der Waals surface area contributed by atoms with Crippen LogP contribution < -0.4 is 0 Å². The standard InChI is InChI=1S/C17H24N4O4S2/c1-19-6-5-18-17(19)26-13-14-3-4-15(25-14)16(22)21-9-7-20(8-10-21)11-12-27(2,23)24/h3-6H,7-13H2,1-2H3. The second-order valence-electron chi connectivity index (χ2n) is 6.64. The van der Waals surface area contributed by atoms with Gasteiger partial charge in [0.1, 0.15) is 15.6 Å². The Morgan fingerprint density at radius 1 is 1.26 bits per heavy atom. The summed E-state index contributed by atoms with van der Waals surface area (Å²) in [6.45, 7) is 2.99. The molecule has 3 heterocycles. The molecule has 148 valence electrons. The average Bonchev–Trinajstić information content (AvgIpc) is 3.26. The Kier molecular flexibility index (Phi) is 6.28. The van der Waals surface area contributed by atoms with E-state index in [0.717, 1.165) is 10.9 Å². The molecule has 0 saturated carbocycles. The van der Waals surface area contributed by atoms with Crippen molar-refractivity contribution in [1.29, 1.82) is 0 Å². The second kappa shape index (κ2) is 8.49. The highest BCUT2D eigenvalue weighted by Crippen LogP contribution is 2.22. The monoisotopic (exact) mass is 412 g/mol. The predicted octanol–water partition coefficient (Wildman–Crippen LogP) is 1.11. The van der Waals surface area contributed by atoms with Gasteiger partial charge in [0.15, 0.2) is 10.9 Å². The molecule has 0 bridgehead atoms. The summed E-state index contributed by atoms with van der Waals surface area (Å²) in [5, 5.41) is 0.893. The number of imidazole rings is 1. The van der Waals surface area contributed by atoms with Crippen molar-refractivity contribution in [2.24, 2.45) is 7.05 Å². The molecule has 0 radical (unpaired) electrons. The maximum absolute atomic E-state index is 12.6. The Balaban J connectivity index is 1.49. The van der Waals surface area contributed by atoms with Crippen molar-refractivity contribution < 1.29 is 17.6 Å². The normalized spacial score (nSPS) is 16.0. The topological polar surface area (TPSA) is 88.7 Å². The van der Waals surface area contributed by atoms with Gasteiger partial charge >= 0.3 is 0 Å². The van der Waals surface area contributed by atoms with E-state index < -0.39 is 9.84 Å². The van der Waals surface area contributed by atoms with Crippen LogP contribution in [0.1, 0.15) is 16.3 Å². The van der Waals surface area contributed by atoms with E-state index >= 15 is 0 Å². The van der Waals surface area contributed by atoms with Crippen LogP contribution in [0.4, 0.5) is 0 Å². The fraction of sp³-hybridized carbons (Fsp3) is 0.529. The molecule has 0 aromatic carbocycles. The molecule has 0 unspecified atom stereocenters. The fourth-order valence-electron chi connectivity index (χ4n) is 2.82. The Hall–Kier alpha value is -1.78. The van der Waals surface area contributed by atoms with Crippen LogP contribution in [-0.4, -0.2) is 78.4 Å². The van der Waals surface area contributed by atoms with Gasteiger partial charge in [0.25, 0.3) is 5.91 Å². The van der Waals surface area contributed by atoms with E-state index in [1.807, 2.05) is 23.9 Å². The van der Waals surface area contributed by atoms with Gasteiger partial charge in [0, 0.05) is 58.4 Å². The zero-order chi connectivity index (χ0) is 19.4. The maximum Gasteiger partial charge on any atom is 0.289 e. The predicted molar refractivity (Wildman–Crippen MR) is 104 cm³/mol. The van der Waals surface area contributed by atoms with Crippen LogP contribution in [0.25, 0.3) is 0 Å². The summed E-state index contributed by atoms with van der Waals surface area (Å²) in [6.07, 6.45) is 4.87. The van der Waals surface area contributed by atoms with Crippen LogP contribution in [-0.2, 0) is 22.6 Å². The number of amides is 1. The van der Waals surface area contributed by atoms with Crippen molar-refractivity contribution in [3.05, 3.63) is 36.0 Å². The summed E-state index contributed by atoms with van der Waals surface area (Å²) in [5.41, 5.74) is 0. The first-order valence-corrected chi connectivity index (χ1v) is 11.7. The summed E-state index contributed by atoms with van der Waals surface area (Å²) in [5.74, 6) is 1.72. The summed E-state index contributed by atoms with van der Waals surface area (Å²) >= 11 is 1.55. The molecular formula is C17H24N4O4S2. The number of hydrogen-bond acceptors (Lipinski definition) is 7. The smallest absolute Gasteiger partial charge is 0.289 e. The third kappa shape index (κ3) is 5.60. The van der Waals surface area contributed by atoms with E-state index in [0.29, 0.717) is 44.2 Å². The number of carbonyl (C=O) groups excluding carboxylic acids is 1. The Morgan fingerprint density at radius 3 is 2.63 bits per heavy atom. The number of sulfone groups is 1. The van der Waals surface area contributed by atoms with Gasteiger partial charge in [-0.05, 0) is 12.1 Å². The van der Waals surface area contributed by atoms with Gasteiger partial charge in [0.2, 0.25) is 0 Å². The zero-order valence-electron chi connectivity index (χ0n) is 15.5. The highest BCUT2D eigenvalue weighted by molar-refractivity contribution is 7.98. The van der Waals surface area contributed by atoms with Crippen molar-refractivity contribution >= 4 is 27.5 Å². The molecule has 0 spiro atoms. The van der Waals surface area contributed by atoms with Gasteiger partial charge in [-0.3, -0.25) is 9.69 Å². The van der Waals surface area contributed by atoms with Crippen LogP contribution in [0.2, 0.25) is 0 Å². The minimum absolute atomic E-state index is 0.119. The number of rotatable bonds is 7. The molecule has 0 N–H and O–H groups in total. The number of hydrogen-bond donors (Lipinski definition) is 0. The summed E-state index contributed by atoms with van der Waals surface area (Å²) < 4.78 is 30.2. The van der Waals surface area contributed by atoms with Crippen LogP contribution >= 0.6 is 11.8 Å². The quantitative estimate of drug-likeness (QED) is 0.629. The SMILES string of the molecule is Cn1ccnc1SCc1ccc(C(=O)N2CCN(CCS(C)(=O)=O)CC2)o1. The largest absolute Gasteiger partial charge is 0.455 e. The Labute approximate surface area is 163 Å². The van der Waals surface area contributed by atoms with E-state index in [-0.39, 0.29) is 11.7 Å². The molecule has 3 rings (SSSR count). The van der Waals surface area contributed by atoms with E-state index in [4.69, 9.17) is 4.42 Å². The molecule has 27 heavy (non-hydrogen) atoms. The van der Waals surface area contributed by atoms with Crippen molar-refractivity contribution in [1.82, 2.24) is 19.4 Å². The van der Waals surface area contributed by atoms with Crippen LogP contribution in [0.15, 0.2) is 34.1 Å². The van der Waals surface area contributed by atoms with Crippen molar-refractivity contribution in [3.8, 4) is 0 Å². The number of nitrogens with zero attached hydrogens (tertiary/aromatic N) is 4. The van der Waals surface area contributed by atoms with Gasteiger partial charge < -0.3 is 13.9 Å². The van der Waals surface area contributed by atoms with Gasteiger partial charge in [-0.1, -0.05) is 11.8 Å². The molecule has 1 amide bonds. The molecule has 1 saturated heterocycles. The number of aryl methyl sites for hydroxylation is 1. The highest BCUT2D eigenvalue weighted by Gasteiger charge is 2.24. The van der Waals surface area contributed by atoms with E-state index in [1.54, 1.807) is 28.9 Å². The van der Waals surface area contributed by atoms with Gasteiger partial charge in [-0.15, -0.1) is 0 Å². The molecule has 10 heteroatoms. The first-order valence-electron chi connectivity index (χ1n) is 8.70. The fourth-order valence-corrected chi connectivity index (χ4v) is 4.24. The number of thioether (sulfide) groups is 1. The van der Waals surface area contributed by atoms with Crippen LogP contribution in [0.3, 0.4) is 0 Å². The molecule has 0 aliphatic carbocycles. The van der Waals surface area contributed by atoms with Crippen LogP contribution in [0.5, 0.6) is 0 Å². The van der Waals surface area contributed by atoms with Gasteiger partial charge in [0.05, 0.1) is 11.5 Å². The molecule has 0 atom stereocenters. The maximum atomic E-state index is 12.6. The lowest BCUT2D eigenvalue weighted by Gasteiger charge is -2.34. The second-order valence-corrected chi connectivity index (χ2v) is 9.84. The molecule has 1 aliphatic heterocycles. The molecule has 2 aromatic heterocycles. The summed E-state index contributed by atoms with van der Waals surface area (Å²) in [6, 6.07) is 3.54. The summed E-state index contributed by atoms with van der Waals surface area (Å²) in [7, 11) is -1.03. The average molecular weight is 413 g/mol. The number of furan rings is 1. The first kappa shape index (κ1) is 20.0. The lowest BCUT2D eigenvalue weighted by molar-refractivity contribution is 0.0611. The lowest BCUT2D eigenvalue weighted by Crippen LogP contribution is -2.49. The highest BCUT2D eigenvalue weighted by atomic mass is 32.2. The van der Waals surface area contributed by atoms with E-state index in [1.165, 1.54) is 6.26 Å². The Morgan fingerprint density at radius 2 is 2.00 bits per heavy atom. The summed E-state index contributed by atoms with van der Waals surface area (Å²) in [4.78, 5) is 20.7. The van der Waals surface area contributed by atoms with E-state index in [9.17, 15) is 13.2 Å². The van der Waals surface area contributed by atoms with Crippen molar-refractivity contribution in [2.45, 2.75) is 10.9 Å². The molecule has 1 fully saturated rings. The third-order valence-corrected chi connectivity index (χ3v) is 6.44. The number of aromatic nitrogens is 2. The van der Waals surface area contributed by atoms with Crippen molar-refractivity contribution in [3.63, 3.8) is 0 Å². The van der Waals surface area contributed by atoms with Gasteiger partial charge in [-0.2, -0.15) is 0 Å².